The molecule has 212 valence electrons. The first kappa shape index (κ1) is 28.6. The van der Waals surface area contributed by atoms with E-state index < -0.39 is 33.1 Å². The second-order valence-electron chi connectivity index (χ2n) is 9.26. The van der Waals surface area contributed by atoms with Gasteiger partial charge in [0.1, 0.15) is 0 Å². The zero-order chi connectivity index (χ0) is 28.7. The van der Waals surface area contributed by atoms with Crippen molar-refractivity contribution in [2.45, 2.75) is 25.6 Å². The Kier molecular flexibility index (Phi) is 7.99. The summed E-state index contributed by atoms with van der Waals surface area (Å²) < 4.78 is 70.3. The molecule has 3 heterocycles. The van der Waals surface area contributed by atoms with E-state index in [4.69, 9.17) is 11.6 Å². The highest BCUT2D eigenvalue weighted by Crippen LogP contribution is 2.35. The average molecular weight is 614 g/mol. The van der Waals surface area contributed by atoms with Crippen LogP contribution in [0.5, 0.6) is 0 Å². The first-order valence-electron chi connectivity index (χ1n) is 12.2. The quantitative estimate of drug-likeness (QED) is 0.369. The molecule has 0 atom stereocenters. The highest BCUT2D eigenvalue weighted by molar-refractivity contribution is 8.18. The molecule has 1 N–H and O–H groups in total. The monoisotopic (exact) mass is 613 g/mol. The first-order chi connectivity index (χ1) is 18.9. The van der Waals surface area contributed by atoms with Gasteiger partial charge in [0, 0.05) is 36.6 Å². The van der Waals surface area contributed by atoms with Crippen molar-refractivity contribution in [3.63, 3.8) is 0 Å². The number of rotatable bonds is 8. The van der Waals surface area contributed by atoms with Crippen molar-refractivity contribution in [3.05, 3.63) is 69.2 Å². The lowest BCUT2D eigenvalue weighted by atomic mass is 10.1. The standard InChI is InChI=1S/C25H23ClF3N5O4S2/c26-19-5-4-17(20(13-19)25(27,28)29)15-34-21-6-3-16(11-18(21)14-30-34)12-22-23(35)33(24(36)39-22)10-7-31-40(37,38)32-8-1-2-9-32/h3-6,11-14,31H,1-2,7-10,15H2/b22-12-. The largest absolute Gasteiger partial charge is 0.416 e. The third-order valence-electron chi connectivity index (χ3n) is 6.56. The summed E-state index contributed by atoms with van der Waals surface area (Å²) in [6.45, 7) is 0.553. The number of benzene rings is 2. The van der Waals surface area contributed by atoms with Gasteiger partial charge in [0.2, 0.25) is 0 Å². The van der Waals surface area contributed by atoms with Gasteiger partial charge in [0.25, 0.3) is 21.4 Å². The zero-order valence-electron chi connectivity index (χ0n) is 20.8. The molecule has 0 aliphatic carbocycles. The van der Waals surface area contributed by atoms with Gasteiger partial charge in [-0.3, -0.25) is 19.2 Å². The Morgan fingerprint density at radius 3 is 2.58 bits per heavy atom. The van der Waals surface area contributed by atoms with Crippen molar-refractivity contribution in [2.24, 2.45) is 0 Å². The van der Waals surface area contributed by atoms with E-state index in [9.17, 15) is 31.2 Å². The average Bonchev–Trinajstić information content (AvgIpc) is 3.62. The van der Waals surface area contributed by atoms with Crippen LogP contribution in [0, 0.1) is 0 Å². The van der Waals surface area contributed by atoms with Crippen LogP contribution in [0.1, 0.15) is 29.5 Å². The number of imide groups is 1. The van der Waals surface area contributed by atoms with Gasteiger partial charge >= 0.3 is 6.18 Å². The minimum atomic E-state index is -4.57. The Labute approximate surface area is 237 Å². The molecule has 3 aromatic rings. The summed E-state index contributed by atoms with van der Waals surface area (Å²) in [6, 6.07) is 8.66. The van der Waals surface area contributed by atoms with E-state index in [2.05, 4.69) is 9.82 Å². The fourth-order valence-electron chi connectivity index (χ4n) is 4.58. The number of thioether (sulfide) groups is 1. The minimum Gasteiger partial charge on any atom is -0.268 e. The lowest BCUT2D eigenvalue weighted by Gasteiger charge is -2.17. The number of alkyl halides is 3. The van der Waals surface area contributed by atoms with Crippen LogP contribution in [0.15, 0.2) is 47.5 Å². The highest BCUT2D eigenvalue weighted by atomic mass is 35.5. The molecule has 2 aromatic carbocycles. The second-order valence-corrected chi connectivity index (χ2v) is 12.4. The van der Waals surface area contributed by atoms with Crippen molar-refractivity contribution in [3.8, 4) is 0 Å². The Morgan fingerprint density at radius 2 is 1.85 bits per heavy atom. The molecule has 9 nitrogen and oxygen atoms in total. The SMILES string of the molecule is O=C1S/C(=C\c2ccc3c(cnn3Cc3ccc(Cl)cc3C(F)(F)F)c2)C(=O)N1CCNS(=O)(=O)N1CCCC1. The molecule has 15 heteroatoms. The van der Waals surface area contributed by atoms with Crippen LogP contribution in [0.3, 0.4) is 0 Å². The Bertz CT molecular complexity index is 1620. The summed E-state index contributed by atoms with van der Waals surface area (Å²) in [5.41, 5.74) is 0.357. The number of aromatic nitrogens is 2. The van der Waals surface area contributed by atoms with Crippen molar-refractivity contribution in [1.29, 1.82) is 0 Å². The van der Waals surface area contributed by atoms with E-state index in [0.29, 0.717) is 29.6 Å². The molecule has 2 aliphatic heterocycles. The molecule has 2 aliphatic rings. The van der Waals surface area contributed by atoms with Crippen molar-refractivity contribution in [2.75, 3.05) is 26.2 Å². The summed E-state index contributed by atoms with van der Waals surface area (Å²) in [7, 11) is -3.66. The van der Waals surface area contributed by atoms with E-state index in [-0.39, 0.29) is 35.1 Å². The molecule has 0 bridgehead atoms. The lowest BCUT2D eigenvalue weighted by Crippen LogP contribution is -2.43. The number of fused-ring (bicyclic) bond motifs is 1. The third kappa shape index (κ3) is 6.05. The topological polar surface area (TPSA) is 105 Å². The number of amides is 2. The summed E-state index contributed by atoms with van der Waals surface area (Å²) >= 11 is 6.53. The molecule has 0 saturated carbocycles. The van der Waals surface area contributed by atoms with Crippen molar-refractivity contribution >= 4 is 61.7 Å². The van der Waals surface area contributed by atoms with Gasteiger partial charge in [-0.2, -0.15) is 31.0 Å². The van der Waals surface area contributed by atoms with Gasteiger partial charge in [-0.1, -0.05) is 23.7 Å². The van der Waals surface area contributed by atoms with Crippen LogP contribution >= 0.6 is 23.4 Å². The number of hydrogen-bond donors (Lipinski definition) is 1. The van der Waals surface area contributed by atoms with Gasteiger partial charge in [-0.25, -0.2) is 4.72 Å². The van der Waals surface area contributed by atoms with Gasteiger partial charge in [-0.15, -0.1) is 0 Å². The molecular formula is C25H23ClF3N5O4S2. The highest BCUT2D eigenvalue weighted by Gasteiger charge is 2.36. The van der Waals surface area contributed by atoms with Gasteiger partial charge < -0.3 is 0 Å². The molecule has 5 rings (SSSR count). The zero-order valence-corrected chi connectivity index (χ0v) is 23.2. The van der Waals surface area contributed by atoms with E-state index in [0.717, 1.165) is 35.6 Å². The molecule has 1 aromatic heterocycles. The van der Waals surface area contributed by atoms with Crippen LogP contribution in [0.25, 0.3) is 17.0 Å². The molecule has 0 radical (unpaired) electrons. The van der Waals surface area contributed by atoms with Crippen LogP contribution in [0.2, 0.25) is 5.02 Å². The van der Waals surface area contributed by atoms with Crippen LogP contribution in [-0.4, -0.2) is 64.7 Å². The number of carbonyl (C=O) groups is 2. The molecule has 2 amide bonds. The number of nitrogens with one attached hydrogen (secondary N) is 1. The smallest absolute Gasteiger partial charge is 0.268 e. The molecule has 0 unspecified atom stereocenters. The van der Waals surface area contributed by atoms with Crippen LogP contribution < -0.4 is 4.72 Å². The van der Waals surface area contributed by atoms with Gasteiger partial charge in [0.05, 0.1) is 28.7 Å². The number of nitrogens with zero attached hydrogens (tertiary/aromatic N) is 4. The minimum absolute atomic E-state index is 0.0150. The summed E-state index contributed by atoms with van der Waals surface area (Å²) in [5.74, 6) is -0.534. The van der Waals surface area contributed by atoms with Crippen molar-refractivity contribution < 1.29 is 31.2 Å². The predicted octanol–water partition coefficient (Wildman–Crippen LogP) is 4.72. The maximum Gasteiger partial charge on any atom is 0.416 e. The van der Waals surface area contributed by atoms with Crippen LogP contribution in [-0.2, 0) is 27.7 Å². The Morgan fingerprint density at radius 1 is 1.10 bits per heavy atom. The van der Waals surface area contributed by atoms with Crippen LogP contribution in [0.4, 0.5) is 18.0 Å². The van der Waals surface area contributed by atoms with Gasteiger partial charge in [0.15, 0.2) is 0 Å². The summed E-state index contributed by atoms with van der Waals surface area (Å²) in [4.78, 5) is 26.5. The summed E-state index contributed by atoms with van der Waals surface area (Å²) in [5, 5.41) is 4.34. The van der Waals surface area contributed by atoms with Gasteiger partial charge in [-0.05, 0) is 66.1 Å². The second kappa shape index (κ2) is 11.2. The van der Waals surface area contributed by atoms with E-state index >= 15 is 0 Å². The Hall–Kier alpha value is -2.91. The predicted molar refractivity (Wildman–Crippen MR) is 146 cm³/mol. The van der Waals surface area contributed by atoms with Crippen molar-refractivity contribution in [1.82, 2.24) is 23.7 Å². The maximum absolute atomic E-state index is 13.5. The summed E-state index contributed by atoms with van der Waals surface area (Å²) in [6.07, 6.45) is 0.0636. The lowest BCUT2D eigenvalue weighted by molar-refractivity contribution is -0.138. The molecule has 2 fully saturated rings. The van der Waals surface area contributed by atoms with E-state index in [1.807, 2.05) is 0 Å². The van der Waals surface area contributed by atoms with E-state index in [1.165, 1.54) is 33.4 Å². The molecular weight excluding hydrogens is 591 g/mol. The number of halogens is 4. The Balaban J connectivity index is 1.28. The fourth-order valence-corrected chi connectivity index (χ4v) is 6.89. The maximum atomic E-state index is 13.5. The first-order valence-corrected chi connectivity index (χ1v) is 14.9. The van der Waals surface area contributed by atoms with E-state index in [1.54, 1.807) is 18.2 Å². The molecule has 0 spiro atoms. The normalized spacial score (nSPS) is 18.1. The number of hydrogen-bond acceptors (Lipinski definition) is 6. The number of carbonyl (C=O) groups excluding carboxylic acids is 2. The third-order valence-corrected chi connectivity index (χ3v) is 9.32. The molecule has 2 saturated heterocycles. The fraction of sp³-hybridized carbons (Fsp3) is 0.320. The molecule has 40 heavy (non-hydrogen) atoms.